The van der Waals surface area contributed by atoms with Crippen molar-refractivity contribution in [2.75, 3.05) is 6.61 Å². The van der Waals surface area contributed by atoms with Gasteiger partial charge in [0.05, 0.1) is 6.61 Å². The molecular formula is C26H32N2O2. The fourth-order valence-electron chi connectivity index (χ4n) is 3.19. The van der Waals surface area contributed by atoms with Crippen LogP contribution >= 0.6 is 0 Å². The summed E-state index contributed by atoms with van der Waals surface area (Å²) >= 11 is 0. The largest absolute Gasteiger partial charge is 0.494 e. The summed E-state index contributed by atoms with van der Waals surface area (Å²) in [5, 5.41) is 0. The molecule has 0 amide bonds. The maximum atomic E-state index is 5.92. The highest BCUT2D eigenvalue weighted by molar-refractivity contribution is 5.55. The number of ether oxygens (including phenoxy) is 2. The van der Waals surface area contributed by atoms with E-state index in [1.165, 1.54) is 24.8 Å². The minimum absolute atomic E-state index is 0.526. The van der Waals surface area contributed by atoms with Gasteiger partial charge in [0.25, 0.3) is 0 Å². The fraction of sp³-hybridized carbons (Fsp3) is 0.385. The summed E-state index contributed by atoms with van der Waals surface area (Å²) < 4.78 is 11.7. The molecule has 0 aliphatic heterocycles. The molecule has 0 saturated heterocycles. The number of unbranched alkanes of at least 4 members (excludes halogenated alkanes) is 3. The van der Waals surface area contributed by atoms with Gasteiger partial charge in [-0.2, -0.15) is 0 Å². The van der Waals surface area contributed by atoms with Crippen molar-refractivity contribution in [3.05, 3.63) is 72.1 Å². The first-order valence-corrected chi connectivity index (χ1v) is 11.0. The SMILES string of the molecule is CCCCCCOc1ccc(COc2ccc(-c3ncc(CCC)cn3)cc2)cc1. The average Bonchev–Trinajstić information content (AvgIpc) is 2.79. The number of aromatic nitrogens is 2. The van der Waals surface area contributed by atoms with Gasteiger partial charge in [-0.05, 0) is 60.4 Å². The molecule has 0 N–H and O–H groups in total. The number of hydrogen-bond donors (Lipinski definition) is 0. The second-order valence-electron chi connectivity index (χ2n) is 7.53. The molecule has 0 bridgehead atoms. The van der Waals surface area contributed by atoms with Crippen molar-refractivity contribution in [1.82, 2.24) is 9.97 Å². The van der Waals surface area contributed by atoms with E-state index in [4.69, 9.17) is 9.47 Å². The predicted octanol–water partition coefficient (Wildman–Crippen LogP) is 6.63. The average molecular weight is 405 g/mol. The van der Waals surface area contributed by atoms with Crippen molar-refractivity contribution in [3.63, 3.8) is 0 Å². The molecule has 1 heterocycles. The monoisotopic (exact) mass is 404 g/mol. The van der Waals surface area contributed by atoms with Crippen LogP contribution in [-0.4, -0.2) is 16.6 Å². The van der Waals surface area contributed by atoms with E-state index in [9.17, 15) is 0 Å². The maximum absolute atomic E-state index is 5.92. The third kappa shape index (κ3) is 6.87. The molecule has 30 heavy (non-hydrogen) atoms. The van der Waals surface area contributed by atoms with Gasteiger partial charge in [-0.25, -0.2) is 9.97 Å². The quantitative estimate of drug-likeness (QED) is 0.318. The molecular weight excluding hydrogens is 372 g/mol. The molecule has 3 aromatic rings. The molecule has 4 heteroatoms. The Hall–Kier alpha value is -2.88. The summed E-state index contributed by atoms with van der Waals surface area (Å²) in [5.74, 6) is 2.49. The molecule has 1 aromatic heterocycles. The van der Waals surface area contributed by atoms with Gasteiger partial charge in [-0.15, -0.1) is 0 Å². The molecule has 158 valence electrons. The van der Waals surface area contributed by atoms with Crippen LogP contribution in [0, 0.1) is 0 Å². The van der Waals surface area contributed by atoms with Crippen LogP contribution in [-0.2, 0) is 13.0 Å². The van der Waals surface area contributed by atoms with E-state index in [0.717, 1.165) is 54.3 Å². The lowest BCUT2D eigenvalue weighted by Gasteiger charge is -2.09. The zero-order valence-electron chi connectivity index (χ0n) is 18.1. The van der Waals surface area contributed by atoms with Gasteiger partial charge in [-0.1, -0.05) is 51.7 Å². The number of hydrogen-bond acceptors (Lipinski definition) is 4. The van der Waals surface area contributed by atoms with Crippen LogP contribution < -0.4 is 9.47 Å². The zero-order chi connectivity index (χ0) is 21.0. The highest BCUT2D eigenvalue weighted by Gasteiger charge is 2.03. The topological polar surface area (TPSA) is 44.2 Å². The van der Waals surface area contributed by atoms with Gasteiger partial charge in [0.15, 0.2) is 5.82 Å². The van der Waals surface area contributed by atoms with Crippen LogP contribution in [0.15, 0.2) is 60.9 Å². The van der Waals surface area contributed by atoms with Gasteiger partial charge in [-0.3, -0.25) is 0 Å². The number of aryl methyl sites for hydroxylation is 1. The number of nitrogens with zero attached hydrogens (tertiary/aromatic N) is 2. The highest BCUT2D eigenvalue weighted by atomic mass is 16.5. The molecule has 0 aliphatic rings. The van der Waals surface area contributed by atoms with Crippen molar-refractivity contribution in [1.29, 1.82) is 0 Å². The smallest absolute Gasteiger partial charge is 0.159 e. The third-order valence-corrected chi connectivity index (χ3v) is 4.95. The Labute approximate surface area is 180 Å². The lowest BCUT2D eigenvalue weighted by molar-refractivity contribution is 0.300. The van der Waals surface area contributed by atoms with Gasteiger partial charge in [0, 0.05) is 18.0 Å². The van der Waals surface area contributed by atoms with Crippen molar-refractivity contribution < 1.29 is 9.47 Å². The summed E-state index contributed by atoms with van der Waals surface area (Å²) in [4.78, 5) is 8.94. The van der Waals surface area contributed by atoms with E-state index < -0.39 is 0 Å². The molecule has 0 unspecified atom stereocenters. The first-order chi connectivity index (χ1) is 14.8. The van der Waals surface area contributed by atoms with Crippen molar-refractivity contribution in [2.45, 2.75) is 59.0 Å². The lowest BCUT2D eigenvalue weighted by atomic mass is 10.2. The van der Waals surface area contributed by atoms with Gasteiger partial charge >= 0.3 is 0 Å². The second kappa shape index (κ2) is 12.0. The Morgan fingerprint density at radius 1 is 0.667 bits per heavy atom. The summed E-state index contributed by atoms with van der Waals surface area (Å²) in [6.45, 7) is 5.69. The number of rotatable bonds is 12. The molecule has 0 atom stereocenters. The molecule has 0 saturated carbocycles. The van der Waals surface area contributed by atoms with Crippen LogP contribution in [0.3, 0.4) is 0 Å². The number of benzene rings is 2. The zero-order valence-corrected chi connectivity index (χ0v) is 18.1. The van der Waals surface area contributed by atoms with E-state index in [2.05, 4.69) is 35.9 Å². The highest BCUT2D eigenvalue weighted by Crippen LogP contribution is 2.21. The molecule has 0 spiro atoms. The molecule has 0 radical (unpaired) electrons. The molecule has 2 aromatic carbocycles. The van der Waals surface area contributed by atoms with Crippen molar-refractivity contribution in [3.8, 4) is 22.9 Å². The summed E-state index contributed by atoms with van der Waals surface area (Å²) in [7, 11) is 0. The van der Waals surface area contributed by atoms with Crippen LogP contribution in [0.5, 0.6) is 11.5 Å². The molecule has 3 rings (SSSR count). The minimum atomic E-state index is 0.526. The van der Waals surface area contributed by atoms with Crippen molar-refractivity contribution in [2.24, 2.45) is 0 Å². The molecule has 0 aliphatic carbocycles. The maximum Gasteiger partial charge on any atom is 0.159 e. The standard InChI is InChI=1S/C26H32N2O2/c1-3-5-6-7-17-29-24-13-9-21(10-14-24)20-30-25-15-11-23(12-16-25)26-27-18-22(8-4-2)19-28-26/h9-16,18-19H,3-8,17,20H2,1-2H3. The van der Waals surface area contributed by atoms with E-state index in [1.807, 2.05) is 48.8 Å². The first kappa shape index (κ1) is 21.8. The van der Waals surface area contributed by atoms with Gasteiger partial charge < -0.3 is 9.47 Å². The Morgan fingerprint density at radius 3 is 2.00 bits per heavy atom. The fourth-order valence-corrected chi connectivity index (χ4v) is 3.19. The summed E-state index contributed by atoms with van der Waals surface area (Å²) in [5.41, 5.74) is 3.28. The predicted molar refractivity (Wildman–Crippen MR) is 122 cm³/mol. The normalized spacial score (nSPS) is 10.7. The van der Waals surface area contributed by atoms with E-state index in [-0.39, 0.29) is 0 Å². The van der Waals surface area contributed by atoms with Crippen LogP contribution in [0.4, 0.5) is 0 Å². The van der Waals surface area contributed by atoms with Crippen LogP contribution in [0.2, 0.25) is 0 Å². The van der Waals surface area contributed by atoms with Crippen LogP contribution in [0.25, 0.3) is 11.4 Å². The first-order valence-electron chi connectivity index (χ1n) is 11.0. The van der Waals surface area contributed by atoms with Gasteiger partial charge in [0.1, 0.15) is 18.1 Å². The Morgan fingerprint density at radius 2 is 1.33 bits per heavy atom. The summed E-state index contributed by atoms with van der Waals surface area (Å²) in [6.07, 6.45) is 10.8. The summed E-state index contributed by atoms with van der Waals surface area (Å²) in [6, 6.07) is 16.1. The Bertz CT molecular complexity index is 859. The Balaban J connectivity index is 1.46. The minimum Gasteiger partial charge on any atom is -0.494 e. The Kier molecular flexibility index (Phi) is 8.70. The van der Waals surface area contributed by atoms with E-state index in [1.54, 1.807) is 0 Å². The second-order valence-corrected chi connectivity index (χ2v) is 7.53. The van der Waals surface area contributed by atoms with Crippen LogP contribution in [0.1, 0.15) is 57.1 Å². The lowest BCUT2D eigenvalue weighted by Crippen LogP contribution is -1.99. The van der Waals surface area contributed by atoms with Gasteiger partial charge in [0.2, 0.25) is 0 Å². The molecule has 0 fully saturated rings. The molecule has 4 nitrogen and oxygen atoms in total. The van der Waals surface area contributed by atoms with E-state index in [0.29, 0.717) is 6.61 Å². The van der Waals surface area contributed by atoms with Crippen molar-refractivity contribution >= 4 is 0 Å². The van der Waals surface area contributed by atoms with E-state index >= 15 is 0 Å². The third-order valence-electron chi connectivity index (χ3n) is 4.95.